The van der Waals surface area contributed by atoms with Crippen molar-refractivity contribution >= 4 is 32.7 Å². The summed E-state index contributed by atoms with van der Waals surface area (Å²) in [5.74, 6) is -5.51. The second-order valence-electron chi connectivity index (χ2n) is 7.44. The standard InChI is InChI=1S/C16H21N3O2S.2C2HF3O2/c1-12-9-18-11-14-5-3-6-15(16(12)14)22(20,21)19-8-4-7-17-10-13(19)2;2*3-2(4,5)1(6)7/h3,5-6,9,11,13,17H,4,7-8,10H2,1-2H3;2*(H,6,7)/t13-;;/m0../s1. The number of sulfonamides is 1. The van der Waals surface area contributed by atoms with Crippen LogP contribution < -0.4 is 5.32 Å². The molecule has 3 N–H and O–H groups in total. The number of carboxylic acid groups (broad SMARTS) is 2. The Labute approximate surface area is 201 Å². The maximum absolute atomic E-state index is 13.2. The molecule has 0 radical (unpaired) electrons. The van der Waals surface area contributed by atoms with Crippen molar-refractivity contribution in [1.29, 1.82) is 0 Å². The Morgan fingerprint density at radius 3 is 2.08 bits per heavy atom. The van der Waals surface area contributed by atoms with Crippen molar-refractivity contribution in [3.8, 4) is 0 Å². The summed E-state index contributed by atoms with van der Waals surface area (Å²) in [5, 5.41) is 19.2. The average Bonchev–Trinajstić information content (AvgIpc) is 2.98. The Morgan fingerprint density at radius 1 is 1.06 bits per heavy atom. The van der Waals surface area contributed by atoms with Gasteiger partial charge < -0.3 is 15.5 Å². The van der Waals surface area contributed by atoms with Gasteiger partial charge in [-0.15, -0.1) is 0 Å². The van der Waals surface area contributed by atoms with Crippen molar-refractivity contribution in [3.05, 3.63) is 36.2 Å². The predicted octanol–water partition coefficient (Wildman–Crippen LogP) is 3.18. The van der Waals surface area contributed by atoms with Gasteiger partial charge in [0.2, 0.25) is 10.0 Å². The molecule has 1 aromatic carbocycles. The summed E-state index contributed by atoms with van der Waals surface area (Å²) < 4.78 is 91.5. The molecule has 0 spiro atoms. The highest BCUT2D eigenvalue weighted by atomic mass is 32.2. The zero-order valence-electron chi connectivity index (χ0n) is 18.9. The highest BCUT2D eigenvalue weighted by molar-refractivity contribution is 7.89. The van der Waals surface area contributed by atoms with Crippen molar-refractivity contribution in [2.24, 2.45) is 0 Å². The van der Waals surface area contributed by atoms with Crippen LogP contribution in [0.1, 0.15) is 18.9 Å². The number of nitrogens with zero attached hydrogens (tertiary/aromatic N) is 2. The van der Waals surface area contributed by atoms with Gasteiger partial charge in [0.15, 0.2) is 0 Å². The van der Waals surface area contributed by atoms with Crippen LogP contribution in [0.25, 0.3) is 10.8 Å². The van der Waals surface area contributed by atoms with E-state index in [1.54, 1.807) is 28.8 Å². The minimum atomic E-state index is -5.08. The second-order valence-corrected chi connectivity index (χ2v) is 9.30. The minimum absolute atomic E-state index is 0.0510. The molecule has 36 heavy (non-hydrogen) atoms. The van der Waals surface area contributed by atoms with Gasteiger partial charge >= 0.3 is 24.3 Å². The molecule has 1 saturated heterocycles. The minimum Gasteiger partial charge on any atom is -0.475 e. The molecule has 2 aromatic rings. The fourth-order valence-electron chi connectivity index (χ4n) is 3.06. The number of hydrogen-bond donors (Lipinski definition) is 3. The van der Waals surface area contributed by atoms with Crippen molar-refractivity contribution in [2.45, 2.75) is 43.6 Å². The molecule has 3 rings (SSSR count). The molecule has 2 heterocycles. The Balaban J connectivity index is 0.000000383. The third kappa shape index (κ3) is 8.60. The van der Waals surface area contributed by atoms with E-state index in [1.807, 2.05) is 19.9 Å². The normalized spacial score (nSPS) is 17.2. The lowest BCUT2D eigenvalue weighted by Crippen LogP contribution is -2.41. The van der Waals surface area contributed by atoms with Crippen molar-refractivity contribution in [3.63, 3.8) is 0 Å². The van der Waals surface area contributed by atoms with E-state index in [1.165, 1.54) is 0 Å². The summed E-state index contributed by atoms with van der Waals surface area (Å²) in [6.45, 7) is 5.95. The highest BCUT2D eigenvalue weighted by Gasteiger charge is 2.39. The van der Waals surface area contributed by atoms with Crippen LogP contribution in [0.15, 0.2) is 35.5 Å². The topological polar surface area (TPSA) is 137 Å². The third-order valence-corrected chi connectivity index (χ3v) is 6.73. The summed E-state index contributed by atoms with van der Waals surface area (Å²) in [6.07, 6.45) is -5.90. The molecule has 1 aromatic heterocycles. The molecule has 0 amide bonds. The van der Waals surface area contributed by atoms with E-state index in [4.69, 9.17) is 19.8 Å². The van der Waals surface area contributed by atoms with Crippen LogP contribution in [0.3, 0.4) is 0 Å². The summed E-state index contributed by atoms with van der Waals surface area (Å²) >= 11 is 0. The lowest BCUT2D eigenvalue weighted by atomic mass is 10.1. The largest absolute Gasteiger partial charge is 0.490 e. The number of pyridine rings is 1. The fourth-order valence-corrected chi connectivity index (χ4v) is 5.02. The van der Waals surface area contributed by atoms with Crippen LogP contribution in [-0.4, -0.2) is 77.9 Å². The number of aryl methyl sites for hydroxylation is 1. The van der Waals surface area contributed by atoms with E-state index in [0.717, 1.165) is 29.3 Å². The molecular weight excluding hydrogens is 524 g/mol. The van der Waals surface area contributed by atoms with E-state index in [0.29, 0.717) is 18.0 Å². The van der Waals surface area contributed by atoms with E-state index in [9.17, 15) is 34.8 Å². The molecule has 0 bridgehead atoms. The van der Waals surface area contributed by atoms with Gasteiger partial charge in [-0.1, -0.05) is 12.1 Å². The molecule has 1 atom stereocenters. The van der Waals surface area contributed by atoms with Gasteiger partial charge in [0, 0.05) is 42.3 Å². The smallest absolute Gasteiger partial charge is 0.475 e. The van der Waals surface area contributed by atoms with Gasteiger partial charge in [-0.2, -0.15) is 30.6 Å². The van der Waals surface area contributed by atoms with Gasteiger partial charge in [-0.25, -0.2) is 18.0 Å². The van der Waals surface area contributed by atoms with E-state index >= 15 is 0 Å². The van der Waals surface area contributed by atoms with Gasteiger partial charge in [0.1, 0.15) is 0 Å². The maximum Gasteiger partial charge on any atom is 0.490 e. The second kappa shape index (κ2) is 12.3. The molecule has 16 heteroatoms. The van der Waals surface area contributed by atoms with Crippen molar-refractivity contribution in [2.75, 3.05) is 19.6 Å². The summed E-state index contributed by atoms with van der Waals surface area (Å²) in [6, 6.07) is 5.35. The number of carboxylic acids is 2. The van der Waals surface area contributed by atoms with Crippen molar-refractivity contribution in [1.82, 2.24) is 14.6 Å². The van der Waals surface area contributed by atoms with Gasteiger partial charge in [-0.05, 0) is 38.4 Å². The molecule has 1 aliphatic heterocycles. The summed E-state index contributed by atoms with van der Waals surface area (Å²) in [7, 11) is -3.52. The SMILES string of the molecule is Cc1cncc2cccc(S(=O)(=O)N3CCCNC[C@@H]3C)c12.O=C(O)C(F)(F)F.O=C(O)C(F)(F)F. The zero-order chi connectivity index (χ0) is 27.9. The Morgan fingerprint density at radius 2 is 1.58 bits per heavy atom. The average molecular weight is 547 g/mol. The Bertz CT molecular complexity index is 1140. The van der Waals surface area contributed by atoms with E-state index in [2.05, 4.69) is 10.3 Å². The van der Waals surface area contributed by atoms with Crippen LogP contribution in [0.5, 0.6) is 0 Å². The quantitative estimate of drug-likeness (QED) is 0.488. The molecule has 9 nitrogen and oxygen atoms in total. The monoisotopic (exact) mass is 547 g/mol. The zero-order valence-corrected chi connectivity index (χ0v) is 19.7. The van der Waals surface area contributed by atoms with Crippen LogP contribution in [0.2, 0.25) is 0 Å². The van der Waals surface area contributed by atoms with Crippen LogP contribution in [-0.2, 0) is 19.6 Å². The predicted molar refractivity (Wildman–Crippen MR) is 115 cm³/mol. The Kier molecular flexibility index (Phi) is 10.6. The van der Waals surface area contributed by atoms with Gasteiger partial charge in [0.25, 0.3) is 0 Å². The highest BCUT2D eigenvalue weighted by Crippen LogP contribution is 2.29. The number of nitrogens with one attached hydrogen (secondary N) is 1. The first kappa shape index (κ1) is 31.1. The first-order valence-corrected chi connectivity index (χ1v) is 11.5. The third-order valence-electron chi connectivity index (χ3n) is 4.67. The lowest BCUT2D eigenvalue weighted by molar-refractivity contribution is -0.193. The van der Waals surface area contributed by atoms with E-state index in [-0.39, 0.29) is 6.04 Å². The van der Waals surface area contributed by atoms with Crippen LogP contribution in [0.4, 0.5) is 26.3 Å². The number of carbonyl (C=O) groups is 2. The number of rotatable bonds is 2. The van der Waals surface area contributed by atoms with Crippen LogP contribution in [0, 0.1) is 6.92 Å². The lowest BCUT2D eigenvalue weighted by Gasteiger charge is -2.26. The molecule has 1 fully saturated rings. The number of alkyl halides is 6. The summed E-state index contributed by atoms with van der Waals surface area (Å²) in [5.41, 5.74) is 0.886. The van der Waals surface area contributed by atoms with Gasteiger partial charge in [0.05, 0.1) is 4.90 Å². The Hall–Kier alpha value is -2.98. The number of aromatic nitrogens is 1. The number of benzene rings is 1. The van der Waals surface area contributed by atoms with E-state index < -0.39 is 34.3 Å². The van der Waals surface area contributed by atoms with Gasteiger partial charge in [-0.3, -0.25) is 4.98 Å². The molecule has 0 saturated carbocycles. The fraction of sp³-hybridized carbons (Fsp3) is 0.450. The number of fused-ring (bicyclic) bond motifs is 1. The first-order chi connectivity index (χ1) is 16.4. The molecule has 0 aliphatic carbocycles. The molecule has 0 unspecified atom stereocenters. The number of aliphatic carboxylic acids is 2. The maximum atomic E-state index is 13.2. The summed E-state index contributed by atoms with van der Waals surface area (Å²) in [4.78, 5) is 22.3. The molecular formula is C20H23F6N3O6S. The molecule has 202 valence electrons. The first-order valence-electron chi connectivity index (χ1n) is 10.1. The van der Waals surface area contributed by atoms with Crippen molar-refractivity contribution < 1.29 is 54.6 Å². The number of hydrogen-bond acceptors (Lipinski definition) is 6. The molecule has 1 aliphatic rings. The number of halogens is 6. The van der Waals surface area contributed by atoms with Crippen LogP contribution >= 0.6 is 0 Å².